The standard InChI is InChI=1S/C13H18N2.C8H15N3/c1-9-4-5-11(8-13(9)14-3)10(2)15-12-6-7-12;1-3-5-11-8(9)7(4-2)6-10-11/h4-5,8,12,14-15H,2,6-7H2,1,3H3;4,10H,2-3,5-6,9H2,1H3. The van der Waals surface area contributed by atoms with E-state index in [0.717, 1.165) is 36.6 Å². The molecule has 5 N–H and O–H groups in total. The van der Waals surface area contributed by atoms with Crippen LogP contribution in [-0.2, 0) is 0 Å². The Morgan fingerprint density at radius 3 is 2.69 bits per heavy atom. The van der Waals surface area contributed by atoms with Crippen LogP contribution in [0.15, 0.2) is 48.8 Å². The van der Waals surface area contributed by atoms with Gasteiger partial charge >= 0.3 is 0 Å². The van der Waals surface area contributed by atoms with Gasteiger partial charge in [0.25, 0.3) is 0 Å². The van der Waals surface area contributed by atoms with Gasteiger partial charge in [-0.2, -0.15) is 0 Å². The Labute approximate surface area is 158 Å². The van der Waals surface area contributed by atoms with Crippen LogP contribution >= 0.6 is 0 Å². The second-order valence-corrected chi connectivity index (χ2v) is 6.78. The largest absolute Gasteiger partial charge is 0.388 e. The first-order valence-electron chi connectivity index (χ1n) is 9.36. The number of aryl methyl sites for hydroxylation is 1. The summed E-state index contributed by atoms with van der Waals surface area (Å²) < 4.78 is 0. The third-order valence-electron chi connectivity index (χ3n) is 4.58. The zero-order valence-corrected chi connectivity index (χ0v) is 16.4. The molecule has 0 bridgehead atoms. The van der Waals surface area contributed by atoms with Crippen LogP contribution in [0.3, 0.4) is 0 Å². The third kappa shape index (κ3) is 5.30. The highest BCUT2D eigenvalue weighted by Crippen LogP contribution is 2.25. The van der Waals surface area contributed by atoms with E-state index in [2.05, 4.69) is 61.3 Å². The average molecular weight is 356 g/mol. The number of anilines is 1. The Balaban J connectivity index is 0.000000197. The van der Waals surface area contributed by atoms with Crippen LogP contribution < -0.4 is 21.8 Å². The van der Waals surface area contributed by atoms with Gasteiger partial charge in [-0.15, -0.1) is 0 Å². The predicted octanol–water partition coefficient (Wildman–Crippen LogP) is 3.33. The van der Waals surface area contributed by atoms with E-state index in [-0.39, 0.29) is 0 Å². The topological polar surface area (TPSA) is 65.3 Å². The molecule has 1 saturated carbocycles. The molecule has 1 fully saturated rings. The second-order valence-electron chi connectivity index (χ2n) is 6.78. The first-order chi connectivity index (χ1) is 12.5. The Morgan fingerprint density at radius 1 is 1.42 bits per heavy atom. The second kappa shape index (κ2) is 9.34. The summed E-state index contributed by atoms with van der Waals surface area (Å²) in [4.78, 5) is 0. The minimum Gasteiger partial charge on any atom is -0.388 e. The van der Waals surface area contributed by atoms with Crippen LogP contribution in [0.25, 0.3) is 5.70 Å². The number of nitrogens with one attached hydrogen (secondary N) is 3. The summed E-state index contributed by atoms with van der Waals surface area (Å²) >= 11 is 0. The van der Waals surface area contributed by atoms with Gasteiger partial charge in [0.15, 0.2) is 0 Å². The molecule has 0 unspecified atom stereocenters. The van der Waals surface area contributed by atoms with Crippen LogP contribution in [0, 0.1) is 6.92 Å². The zero-order chi connectivity index (χ0) is 19.1. The fraction of sp³-hybridized carbons (Fsp3) is 0.429. The fourth-order valence-corrected chi connectivity index (χ4v) is 2.77. The van der Waals surface area contributed by atoms with Crippen molar-refractivity contribution in [1.29, 1.82) is 0 Å². The smallest absolute Gasteiger partial charge is 0.118 e. The molecule has 1 aromatic rings. The molecule has 1 aromatic carbocycles. The molecular formula is C21H33N5. The third-order valence-corrected chi connectivity index (χ3v) is 4.58. The lowest BCUT2D eigenvalue weighted by Gasteiger charge is -2.17. The number of nitrogens with zero attached hydrogens (tertiary/aromatic N) is 1. The zero-order valence-electron chi connectivity index (χ0n) is 16.4. The first kappa shape index (κ1) is 19.9. The lowest BCUT2D eigenvalue weighted by atomic mass is 10.1. The van der Waals surface area contributed by atoms with E-state index in [1.807, 2.05) is 12.1 Å². The van der Waals surface area contributed by atoms with E-state index in [9.17, 15) is 0 Å². The minimum atomic E-state index is 0.664. The van der Waals surface area contributed by atoms with Gasteiger partial charge in [0.05, 0.1) is 0 Å². The predicted molar refractivity (Wildman–Crippen MR) is 112 cm³/mol. The van der Waals surface area contributed by atoms with E-state index >= 15 is 0 Å². The van der Waals surface area contributed by atoms with Crippen LogP contribution in [0.2, 0.25) is 0 Å². The maximum Gasteiger partial charge on any atom is 0.118 e. The molecule has 0 atom stereocenters. The van der Waals surface area contributed by atoms with Crippen molar-refractivity contribution in [3.05, 3.63) is 60.0 Å². The number of hydrazine groups is 1. The van der Waals surface area contributed by atoms with Crippen molar-refractivity contribution in [1.82, 2.24) is 15.8 Å². The molecule has 26 heavy (non-hydrogen) atoms. The summed E-state index contributed by atoms with van der Waals surface area (Å²) in [6, 6.07) is 7.05. The van der Waals surface area contributed by atoms with Gasteiger partial charge in [-0.25, -0.2) is 5.43 Å². The monoisotopic (exact) mass is 355 g/mol. The molecule has 3 rings (SSSR count). The quantitative estimate of drug-likeness (QED) is 0.604. The summed E-state index contributed by atoms with van der Waals surface area (Å²) in [5, 5.41) is 8.58. The lowest BCUT2D eigenvalue weighted by Crippen LogP contribution is -2.35. The molecule has 0 amide bonds. The van der Waals surface area contributed by atoms with E-state index < -0.39 is 0 Å². The summed E-state index contributed by atoms with van der Waals surface area (Å²) in [7, 11) is 1.95. The van der Waals surface area contributed by atoms with Crippen molar-refractivity contribution < 1.29 is 0 Å². The number of hydrogen-bond acceptors (Lipinski definition) is 5. The van der Waals surface area contributed by atoms with Gasteiger partial charge in [-0.3, -0.25) is 5.01 Å². The lowest BCUT2D eigenvalue weighted by molar-refractivity contribution is 0.279. The minimum absolute atomic E-state index is 0.664. The highest BCUT2D eigenvalue weighted by Gasteiger charge is 2.21. The molecule has 0 radical (unpaired) electrons. The highest BCUT2D eigenvalue weighted by molar-refractivity contribution is 5.67. The molecule has 0 spiro atoms. The van der Waals surface area contributed by atoms with Crippen molar-refractivity contribution in [2.75, 3.05) is 25.5 Å². The molecule has 5 heteroatoms. The van der Waals surface area contributed by atoms with Gasteiger partial charge in [-0.05, 0) is 43.4 Å². The van der Waals surface area contributed by atoms with Gasteiger partial charge < -0.3 is 16.4 Å². The molecule has 0 saturated heterocycles. The van der Waals surface area contributed by atoms with Crippen molar-refractivity contribution in [2.24, 2.45) is 5.73 Å². The molecule has 5 nitrogen and oxygen atoms in total. The number of hydrogen-bond donors (Lipinski definition) is 4. The average Bonchev–Trinajstić information content (AvgIpc) is 3.39. The first-order valence-corrected chi connectivity index (χ1v) is 9.36. The molecule has 1 aliphatic heterocycles. The van der Waals surface area contributed by atoms with Crippen LogP contribution in [0.1, 0.15) is 37.3 Å². The van der Waals surface area contributed by atoms with E-state index in [0.29, 0.717) is 6.04 Å². The van der Waals surface area contributed by atoms with Crippen LogP contribution in [0.5, 0.6) is 0 Å². The van der Waals surface area contributed by atoms with E-state index in [1.54, 1.807) is 6.08 Å². The summed E-state index contributed by atoms with van der Waals surface area (Å²) in [5.74, 6) is 0.821. The number of nitrogens with two attached hydrogens (primary N) is 1. The van der Waals surface area contributed by atoms with E-state index in [4.69, 9.17) is 5.73 Å². The maximum atomic E-state index is 5.79. The van der Waals surface area contributed by atoms with Gasteiger partial charge in [0.2, 0.25) is 0 Å². The van der Waals surface area contributed by atoms with Gasteiger partial charge in [0.1, 0.15) is 5.82 Å². The van der Waals surface area contributed by atoms with E-state index in [1.165, 1.54) is 29.7 Å². The molecule has 2 aliphatic rings. The SMILES string of the molecule is C=C(NC1CC1)c1ccc(C)c(NC)c1.C=CC1=C(N)N(CCC)NC1. The summed E-state index contributed by atoms with van der Waals surface area (Å²) in [6.45, 7) is 13.8. The van der Waals surface area contributed by atoms with Crippen molar-refractivity contribution in [3.63, 3.8) is 0 Å². The van der Waals surface area contributed by atoms with Crippen molar-refractivity contribution in [3.8, 4) is 0 Å². The Bertz CT molecular complexity index is 673. The molecule has 1 heterocycles. The maximum absolute atomic E-state index is 5.79. The highest BCUT2D eigenvalue weighted by atomic mass is 15.5. The molecule has 1 aliphatic carbocycles. The Hall–Kier alpha value is -2.40. The van der Waals surface area contributed by atoms with Crippen molar-refractivity contribution in [2.45, 2.75) is 39.2 Å². The molecule has 142 valence electrons. The molecule has 0 aromatic heterocycles. The van der Waals surface area contributed by atoms with Crippen molar-refractivity contribution >= 4 is 11.4 Å². The molecular weight excluding hydrogens is 322 g/mol. The Kier molecular flexibility index (Phi) is 7.16. The summed E-state index contributed by atoms with van der Waals surface area (Å²) in [5.41, 5.74) is 14.7. The van der Waals surface area contributed by atoms with Gasteiger partial charge in [0, 0.05) is 43.1 Å². The van der Waals surface area contributed by atoms with Crippen LogP contribution in [-0.4, -0.2) is 31.2 Å². The van der Waals surface area contributed by atoms with Gasteiger partial charge in [-0.1, -0.05) is 38.3 Å². The fourth-order valence-electron chi connectivity index (χ4n) is 2.77. The summed E-state index contributed by atoms with van der Waals surface area (Å²) in [6.07, 6.45) is 5.46. The van der Waals surface area contributed by atoms with Crippen LogP contribution in [0.4, 0.5) is 5.69 Å². The number of rotatable bonds is 7. The number of benzene rings is 1. The Morgan fingerprint density at radius 2 is 2.15 bits per heavy atom. The normalized spacial score (nSPS) is 16.0.